The minimum absolute atomic E-state index is 0. The highest BCUT2D eigenvalue weighted by molar-refractivity contribution is 5.85. The number of hydrogen-bond donors (Lipinski definition) is 2. The van der Waals surface area contributed by atoms with E-state index in [-0.39, 0.29) is 36.8 Å². The summed E-state index contributed by atoms with van der Waals surface area (Å²) in [6, 6.07) is 8.52. The molecule has 24 heavy (non-hydrogen) atoms. The molecule has 1 aliphatic heterocycles. The third-order valence-corrected chi connectivity index (χ3v) is 4.24. The molecule has 6 heteroatoms. The van der Waals surface area contributed by atoms with Gasteiger partial charge in [-0.1, -0.05) is 26.0 Å². The standard InChI is InChI=1S/C18H29N3O.2ClH/c1-13(2)11-17(19)18(22)21-9-7-15(8-10-21)20-16-6-4-5-14(3)12-16;;/h4-6,12-13,15,17,20H,7-11,19H2,1-3H3;2*1H/t17-;;/m0../s1. The number of carbonyl (C=O) groups excluding carboxylic acids is 1. The molecule has 1 aromatic rings. The zero-order chi connectivity index (χ0) is 16.1. The molecule has 1 fully saturated rings. The molecule has 0 aliphatic carbocycles. The normalized spacial score (nSPS) is 16.1. The van der Waals surface area contributed by atoms with Crippen LogP contribution in [0.25, 0.3) is 0 Å². The van der Waals surface area contributed by atoms with E-state index in [4.69, 9.17) is 5.73 Å². The van der Waals surface area contributed by atoms with Gasteiger partial charge in [-0.25, -0.2) is 0 Å². The molecule has 1 aromatic carbocycles. The summed E-state index contributed by atoms with van der Waals surface area (Å²) in [7, 11) is 0. The Morgan fingerprint density at radius 1 is 1.29 bits per heavy atom. The number of halogens is 2. The van der Waals surface area contributed by atoms with Gasteiger partial charge in [-0.3, -0.25) is 4.79 Å². The number of rotatable bonds is 5. The Hall–Kier alpha value is -0.970. The van der Waals surface area contributed by atoms with E-state index in [0.717, 1.165) is 32.4 Å². The van der Waals surface area contributed by atoms with Crippen molar-refractivity contribution in [1.29, 1.82) is 0 Å². The molecule has 0 aromatic heterocycles. The van der Waals surface area contributed by atoms with E-state index in [1.807, 2.05) is 4.90 Å². The van der Waals surface area contributed by atoms with Crippen molar-refractivity contribution in [3.63, 3.8) is 0 Å². The van der Waals surface area contributed by atoms with Crippen molar-refractivity contribution in [3.05, 3.63) is 29.8 Å². The van der Waals surface area contributed by atoms with E-state index in [0.29, 0.717) is 12.0 Å². The van der Waals surface area contributed by atoms with Crippen molar-refractivity contribution in [2.75, 3.05) is 18.4 Å². The van der Waals surface area contributed by atoms with E-state index >= 15 is 0 Å². The fourth-order valence-electron chi connectivity index (χ4n) is 3.06. The van der Waals surface area contributed by atoms with Gasteiger partial charge in [-0.15, -0.1) is 24.8 Å². The Morgan fingerprint density at radius 2 is 1.92 bits per heavy atom. The second kappa shape index (κ2) is 10.8. The highest BCUT2D eigenvalue weighted by Crippen LogP contribution is 2.18. The van der Waals surface area contributed by atoms with Crippen molar-refractivity contribution in [1.82, 2.24) is 4.90 Å². The van der Waals surface area contributed by atoms with Gasteiger partial charge in [0.1, 0.15) is 0 Å². The molecule has 2 rings (SSSR count). The van der Waals surface area contributed by atoms with Crippen LogP contribution >= 0.6 is 24.8 Å². The summed E-state index contributed by atoms with van der Waals surface area (Å²) in [4.78, 5) is 14.3. The quantitative estimate of drug-likeness (QED) is 0.825. The topological polar surface area (TPSA) is 58.4 Å². The summed E-state index contributed by atoms with van der Waals surface area (Å²) in [6.45, 7) is 7.90. The van der Waals surface area contributed by atoms with E-state index in [1.54, 1.807) is 0 Å². The molecule has 0 spiro atoms. The number of anilines is 1. The van der Waals surface area contributed by atoms with Gasteiger partial charge in [-0.05, 0) is 49.8 Å². The predicted molar refractivity (Wildman–Crippen MR) is 106 cm³/mol. The van der Waals surface area contributed by atoms with Crippen molar-refractivity contribution in [2.45, 2.75) is 52.1 Å². The Bertz CT molecular complexity index is 503. The van der Waals surface area contributed by atoms with Crippen LogP contribution in [-0.4, -0.2) is 36.0 Å². The number of piperidine rings is 1. The second-order valence-corrected chi connectivity index (χ2v) is 6.85. The average molecular weight is 376 g/mol. The average Bonchev–Trinajstić information content (AvgIpc) is 2.46. The number of nitrogens with zero attached hydrogens (tertiary/aromatic N) is 1. The summed E-state index contributed by atoms with van der Waals surface area (Å²) in [6.07, 6.45) is 2.72. The van der Waals surface area contributed by atoms with E-state index in [2.05, 4.69) is 50.4 Å². The Labute approximate surface area is 158 Å². The molecule has 1 amide bonds. The van der Waals surface area contributed by atoms with Crippen molar-refractivity contribution in [3.8, 4) is 0 Å². The molecule has 0 bridgehead atoms. The number of aryl methyl sites for hydroxylation is 1. The van der Waals surface area contributed by atoms with E-state index in [9.17, 15) is 4.79 Å². The van der Waals surface area contributed by atoms with Crippen LogP contribution in [-0.2, 0) is 4.79 Å². The lowest BCUT2D eigenvalue weighted by atomic mass is 10.0. The maximum atomic E-state index is 12.3. The number of nitrogens with one attached hydrogen (secondary N) is 1. The third kappa shape index (κ3) is 6.88. The van der Waals surface area contributed by atoms with Gasteiger partial charge in [0.05, 0.1) is 6.04 Å². The SMILES string of the molecule is Cc1cccc(NC2CCN(C(=O)[C@@H](N)CC(C)C)CC2)c1.Cl.Cl. The molecule has 0 unspecified atom stereocenters. The molecule has 1 saturated heterocycles. The molecule has 0 radical (unpaired) electrons. The number of amides is 1. The molecule has 1 atom stereocenters. The van der Waals surface area contributed by atoms with Crippen molar-refractivity contribution >= 4 is 36.4 Å². The number of hydrogen-bond acceptors (Lipinski definition) is 3. The second-order valence-electron chi connectivity index (χ2n) is 6.85. The monoisotopic (exact) mass is 375 g/mol. The van der Waals surface area contributed by atoms with E-state index < -0.39 is 0 Å². The first-order chi connectivity index (χ1) is 10.5. The van der Waals surface area contributed by atoms with Gasteiger partial charge in [0.25, 0.3) is 0 Å². The number of likely N-dealkylation sites (tertiary alicyclic amines) is 1. The summed E-state index contributed by atoms with van der Waals surface area (Å²) in [5, 5.41) is 3.57. The molecule has 4 nitrogen and oxygen atoms in total. The van der Waals surface area contributed by atoms with E-state index in [1.165, 1.54) is 11.3 Å². The largest absolute Gasteiger partial charge is 0.382 e. The van der Waals surface area contributed by atoms with Crippen LogP contribution in [0.2, 0.25) is 0 Å². The first kappa shape index (κ1) is 23.0. The van der Waals surface area contributed by atoms with Crippen LogP contribution in [0.15, 0.2) is 24.3 Å². The first-order valence-corrected chi connectivity index (χ1v) is 8.33. The molecule has 1 aliphatic rings. The zero-order valence-corrected chi connectivity index (χ0v) is 16.5. The summed E-state index contributed by atoms with van der Waals surface area (Å²) < 4.78 is 0. The van der Waals surface area contributed by atoms with Crippen LogP contribution in [0.5, 0.6) is 0 Å². The molecular formula is C18H31Cl2N3O. The van der Waals surface area contributed by atoms with Gasteiger partial charge in [0.15, 0.2) is 0 Å². The maximum absolute atomic E-state index is 12.3. The van der Waals surface area contributed by atoms with Crippen molar-refractivity contribution < 1.29 is 4.79 Å². The van der Waals surface area contributed by atoms with Crippen molar-refractivity contribution in [2.24, 2.45) is 11.7 Å². The lowest BCUT2D eigenvalue weighted by Crippen LogP contribution is -2.49. The smallest absolute Gasteiger partial charge is 0.239 e. The molecular weight excluding hydrogens is 345 g/mol. The minimum Gasteiger partial charge on any atom is -0.382 e. The minimum atomic E-state index is -0.346. The highest BCUT2D eigenvalue weighted by atomic mass is 35.5. The lowest BCUT2D eigenvalue weighted by Gasteiger charge is -2.34. The molecule has 138 valence electrons. The Balaban J connectivity index is 0.00000264. The third-order valence-electron chi connectivity index (χ3n) is 4.24. The fourth-order valence-corrected chi connectivity index (χ4v) is 3.06. The van der Waals surface area contributed by atoms with Gasteiger partial charge in [-0.2, -0.15) is 0 Å². The predicted octanol–water partition coefficient (Wildman–Crippen LogP) is 3.61. The number of carbonyl (C=O) groups is 1. The van der Waals surface area contributed by atoms with Gasteiger partial charge in [0.2, 0.25) is 5.91 Å². The molecule has 0 saturated carbocycles. The summed E-state index contributed by atoms with van der Waals surface area (Å²) in [5.41, 5.74) is 8.45. The van der Waals surface area contributed by atoms with Crippen LogP contribution in [0.1, 0.15) is 38.7 Å². The van der Waals surface area contributed by atoms with Gasteiger partial charge in [0, 0.05) is 24.8 Å². The molecule has 1 heterocycles. The first-order valence-electron chi connectivity index (χ1n) is 8.33. The van der Waals surface area contributed by atoms with Crippen LogP contribution in [0.3, 0.4) is 0 Å². The van der Waals surface area contributed by atoms with Crippen LogP contribution < -0.4 is 11.1 Å². The van der Waals surface area contributed by atoms with Gasteiger partial charge >= 0.3 is 0 Å². The Morgan fingerprint density at radius 3 is 2.46 bits per heavy atom. The van der Waals surface area contributed by atoms with Crippen LogP contribution in [0, 0.1) is 12.8 Å². The summed E-state index contributed by atoms with van der Waals surface area (Å²) in [5.74, 6) is 0.571. The zero-order valence-electron chi connectivity index (χ0n) is 14.8. The maximum Gasteiger partial charge on any atom is 0.239 e. The number of nitrogens with two attached hydrogens (primary N) is 1. The highest BCUT2D eigenvalue weighted by Gasteiger charge is 2.26. The molecule has 3 N–H and O–H groups in total. The number of benzene rings is 1. The Kier molecular flexibility index (Phi) is 10.4. The van der Waals surface area contributed by atoms with Crippen LogP contribution in [0.4, 0.5) is 5.69 Å². The lowest BCUT2D eigenvalue weighted by molar-refractivity contribution is -0.133. The van der Waals surface area contributed by atoms with Gasteiger partial charge < -0.3 is 16.0 Å². The summed E-state index contributed by atoms with van der Waals surface area (Å²) >= 11 is 0. The fraction of sp³-hybridized carbons (Fsp3) is 0.611.